The molecule has 24 nitrogen and oxygen atoms in total. The Morgan fingerprint density at radius 3 is 0.929 bits per heavy atom. The van der Waals surface area contributed by atoms with Gasteiger partial charge in [0.1, 0.15) is 59.1 Å². The highest BCUT2D eigenvalue weighted by Crippen LogP contribution is 2.41. The molecule has 8 aromatic rings. The molecule has 594 valence electrons. The van der Waals surface area contributed by atoms with Crippen molar-refractivity contribution in [3.8, 4) is 67.9 Å². The van der Waals surface area contributed by atoms with Crippen LogP contribution >= 0.6 is 0 Å². The fraction of sp³-hybridized carbons (Fsp3) is 0.386. The molecule has 0 atom stereocenters. The van der Waals surface area contributed by atoms with Gasteiger partial charge >= 0.3 is 24.0 Å². The van der Waals surface area contributed by atoms with Crippen LogP contribution in [0.4, 0.5) is 4.79 Å². The van der Waals surface area contributed by atoms with E-state index in [-0.39, 0.29) is 98.2 Å². The number of pyridine rings is 2. The molecule has 112 heavy (non-hydrogen) atoms. The van der Waals surface area contributed by atoms with Crippen molar-refractivity contribution in [3.63, 3.8) is 0 Å². The highest BCUT2D eigenvalue weighted by Gasteiger charge is 2.30. The Balaban J connectivity index is 0.000000220. The normalized spacial score (nSPS) is 12.7. The summed E-state index contributed by atoms with van der Waals surface area (Å²) in [5, 5.41) is 0. The van der Waals surface area contributed by atoms with Gasteiger partial charge in [-0.1, -0.05) is 76.2 Å². The predicted molar refractivity (Wildman–Crippen MR) is 424 cm³/mol. The van der Waals surface area contributed by atoms with Crippen LogP contribution in [0.25, 0.3) is 33.4 Å². The lowest BCUT2D eigenvalue weighted by Gasteiger charge is -2.36. The maximum absolute atomic E-state index is 13.3. The van der Waals surface area contributed by atoms with Gasteiger partial charge in [-0.05, 0) is 144 Å². The number of ether oxygens (including phenoxy) is 10. The standard InChI is InChI=1S/C37H52N4O7.C30H28N2O6.C21H24O5/c1-36(2,3)25-34(44)40-15-13-38(14-16-40)32(42)23-26-9-11-30(46-7)28(21-26)29-22-27(10-12-31(29)47-8)24-33(43)39-17-19-41(20-18-39)35(45)48-37(4,5)6;1-35-27-9-7-21(15-29(33)37-19-23-5-3-11-31-17-23)13-25(27)26-14-22(8-10-28(26)36-2)16-30(34)38-20-24-6-4-12-32-18-24;1-5-16(22)10-14-6-8-19(24-2)17(11-14)18-12-15(13-21(23)26-4)7-9-20(18)25-3/h9-12,21-22H,13-20,23-25H2,1-8H3;3-14,17-18H,15-16,19-20H2,1-2H3;6-9,11-12H,5,10,13H2,1-4H3. The van der Waals surface area contributed by atoms with E-state index in [4.69, 9.17) is 47.4 Å². The number of carbonyl (C=O) groups excluding carboxylic acids is 8. The number of carbonyl (C=O) groups is 8. The summed E-state index contributed by atoms with van der Waals surface area (Å²) in [6, 6.07) is 40.8. The highest BCUT2D eigenvalue weighted by atomic mass is 16.6. The van der Waals surface area contributed by atoms with Crippen LogP contribution in [0.1, 0.15) is 106 Å². The molecule has 0 radical (unpaired) electrons. The minimum absolute atomic E-state index is 0.00659. The maximum Gasteiger partial charge on any atom is 0.410 e. The summed E-state index contributed by atoms with van der Waals surface area (Å²) < 4.78 is 54.6. The average molecular weight is 1530 g/mol. The Hall–Kier alpha value is -11.8. The lowest BCUT2D eigenvalue weighted by Crippen LogP contribution is -2.52. The summed E-state index contributed by atoms with van der Waals surface area (Å²) in [6.45, 7) is 17.6. The van der Waals surface area contributed by atoms with E-state index in [2.05, 4.69) is 30.7 Å². The third-order valence-corrected chi connectivity index (χ3v) is 18.4. The number of Topliss-reactive ketones (excluding diaryl/α,β-unsaturated/α-hetero) is 1. The smallest absolute Gasteiger partial charge is 0.410 e. The summed E-state index contributed by atoms with van der Waals surface area (Å²) >= 11 is 0. The van der Waals surface area contributed by atoms with Gasteiger partial charge in [-0.25, -0.2) is 4.79 Å². The number of nitrogens with zero attached hydrogens (tertiary/aromatic N) is 6. The molecule has 4 heterocycles. The van der Waals surface area contributed by atoms with Crippen LogP contribution in [0.3, 0.4) is 0 Å². The first kappa shape index (κ1) is 85.8. The molecule has 24 heteroatoms. The maximum atomic E-state index is 13.3. The third kappa shape index (κ3) is 25.6. The number of aromatic nitrogens is 2. The van der Waals surface area contributed by atoms with Crippen LogP contribution in [-0.4, -0.2) is 185 Å². The quantitative estimate of drug-likeness (QED) is 0.0342. The van der Waals surface area contributed by atoms with Crippen molar-refractivity contribution < 1.29 is 85.7 Å². The van der Waals surface area contributed by atoms with Gasteiger partial charge in [0, 0.05) is 141 Å². The van der Waals surface area contributed by atoms with E-state index in [1.54, 1.807) is 102 Å². The number of esters is 3. The fourth-order valence-corrected chi connectivity index (χ4v) is 12.6. The number of amides is 4. The number of hydrogen-bond donors (Lipinski definition) is 0. The molecule has 0 spiro atoms. The Kier molecular flexibility index (Phi) is 31.6. The SMILES string of the molecule is CCC(=O)Cc1ccc(OC)c(-c2cc(CC(=O)OC)ccc2OC)c1.COc1ccc(CC(=O)N2CCN(C(=O)CC(C)(C)C)CC2)cc1-c1cc(CC(=O)N2CCN(C(=O)OC(C)(C)C)CC2)ccc1OC.COc1ccc(CC(=O)OCc2cccnc2)cc1-c1cc(CC(=O)OCc2cccnc2)ccc1OC. The first-order valence-electron chi connectivity index (χ1n) is 37.2. The number of hydrogen-bond acceptors (Lipinski definition) is 20. The van der Waals surface area contributed by atoms with Crippen molar-refractivity contribution in [3.05, 3.63) is 203 Å². The fourth-order valence-electron chi connectivity index (χ4n) is 12.6. The Morgan fingerprint density at radius 1 is 0.357 bits per heavy atom. The van der Waals surface area contributed by atoms with Crippen molar-refractivity contribution >= 4 is 47.5 Å². The molecule has 2 aliphatic rings. The van der Waals surface area contributed by atoms with Gasteiger partial charge < -0.3 is 67.0 Å². The van der Waals surface area contributed by atoms with Crippen LogP contribution in [-0.2, 0) is 104 Å². The number of methoxy groups -OCH3 is 7. The van der Waals surface area contributed by atoms with Crippen molar-refractivity contribution in [2.45, 2.75) is 119 Å². The second kappa shape index (κ2) is 41.3. The second-order valence-corrected chi connectivity index (χ2v) is 29.1. The first-order valence-corrected chi connectivity index (χ1v) is 37.2. The van der Waals surface area contributed by atoms with E-state index < -0.39 is 5.60 Å². The van der Waals surface area contributed by atoms with E-state index in [0.717, 1.165) is 77.9 Å². The number of piperazine rings is 2. The van der Waals surface area contributed by atoms with E-state index in [0.29, 0.717) is 106 Å². The molecule has 0 unspecified atom stereocenters. The van der Waals surface area contributed by atoms with Crippen LogP contribution < -0.4 is 28.4 Å². The van der Waals surface area contributed by atoms with Gasteiger partial charge in [-0.2, -0.15) is 0 Å². The lowest BCUT2D eigenvalue weighted by molar-refractivity contribution is -0.145. The predicted octanol–water partition coefficient (Wildman–Crippen LogP) is 13.0. The Labute approximate surface area is 656 Å². The molecular formula is C88H104N6O18. The summed E-state index contributed by atoms with van der Waals surface area (Å²) in [5.74, 6) is 3.04. The van der Waals surface area contributed by atoms with E-state index >= 15 is 0 Å². The van der Waals surface area contributed by atoms with Crippen LogP contribution in [0, 0.1) is 5.41 Å². The summed E-state index contributed by atoms with van der Waals surface area (Å²) in [7, 11) is 10.9. The largest absolute Gasteiger partial charge is 0.496 e. The summed E-state index contributed by atoms with van der Waals surface area (Å²) in [5.41, 5.74) is 10.4. The minimum Gasteiger partial charge on any atom is -0.496 e. The topological polar surface area (TPSA) is 268 Å². The van der Waals surface area contributed by atoms with Gasteiger partial charge in [0.25, 0.3) is 0 Å². The van der Waals surface area contributed by atoms with Crippen molar-refractivity contribution in [1.82, 2.24) is 29.6 Å². The molecule has 10 rings (SSSR count). The minimum atomic E-state index is -0.571. The number of benzene rings is 6. The van der Waals surface area contributed by atoms with Crippen LogP contribution in [0.15, 0.2) is 158 Å². The zero-order chi connectivity index (χ0) is 81.1. The Bertz CT molecular complexity index is 4250. The Morgan fingerprint density at radius 2 is 0.652 bits per heavy atom. The molecule has 0 aliphatic carbocycles. The zero-order valence-electron chi connectivity index (χ0n) is 66.8. The molecule has 2 fully saturated rings. The zero-order valence-corrected chi connectivity index (χ0v) is 66.8. The molecule has 2 aromatic heterocycles. The van der Waals surface area contributed by atoms with E-state index in [1.165, 1.54) is 7.11 Å². The van der Waals surface area contributed by atoms with Crippen molar-refractivity contribution in [2.24, 2.45) is 5.41 Å². The molecule has 4 amide bonds. The van der Waals surface area contributed by atoms with Gasteiger partial charge in [-0.15, -0.1) is 0 Å². The van der Waals surface area contributed by atoms with Gasteiger partial charge in [0.05, 0.1) is 81.9 Å². The molecule has 0 saturated carbocycles. The monoisotopic (exact) mass is 1530 g/mol. The number of rotatable bonds is 27. The highest BCUT2D eigenvalue weighted by molar-refractivity contribution is 5.86. The molecule has 2 aliphatic heterocycles. The van der Waals surface area contributed by atoms with E-state index in [9.17, 15) is 38.4 Å². The van der Waals surface area contributed by atoms with Crippen LogP contribution in [0.5, 0.6) is 34.5 Å². The molecule has 6 aromatic carbocycles. The third-order valence-electron chi connectivity index (χ3n) is 18.4. The van der Waals surface area contributed by atoms with E-state index in [1.807, 2.05) is 147 Å². The van der Waals surface area contributed by atoms with Gasteiger partial charge in [0.15, 0.2) is 0 Å². The molecule has 0 bridgehead atoms. The lowest BCUT2D eigenvalue weighted by atomic mass is 9.91. The van der Waals surface area contributed by atoms with Gasteiger partial charge in [-0.3, -0.25) is 43.5 Å². The second-order valence-electron chi connectivity index (χ2n) is 29.1. The summed E-state index contributed by atoms with van der Waals surface area (Å²) in [4.78, 5) is 115. The first-order chi connectivity index (χ1) is 53.6. The molecule has 2 saturated heterocycles. The van der Waals surface area contributed by atoms with Crippen molar-refractivity contribution in [1.29, 1.82) is 0 Å². The van der Waals surface area contributed by atoms with Crippen LogP contribution in [0.2, 0.25) is 0 Å². The number of ketones is 1. The average Bonchev–Trinajstić information content (AvgIpc) is 0.805. The van der Waals surface area contributed by atoms with Gasteiger partial charge in [0.2, 0.25) is 17.7 Å². The van der Waals surface area contributed by atoms with Crippen molar-refractivity contribution in [2.75, 3.05) is 102 Å². The summed E-state index contributed by atoms with van der Waals surface area (Å²) in [6.07, 6.45) is 8.38. The molecule has 0 N–H and O–H groups in total. The molecular weight excluding hydrogens is 1430 g/mol.